The van der Waals surface area contributed by atoms with Crippen molar-refractivity contribution in [1.82, 2.24) is 4.90 Å². The van der Waals surface area contributed by atoms with Crippen molar-refractivity contribution in [2.24, 2.45) is 0 Å². The first-order chi connectivity index (χ1) is 15.4. The van der Waals surface area contributed by atoms with Crippen LogP contribution in [0.3, 0.4) is 0 Å². The molecular formula is C26H23ClN2O3. The number of benzene rings is 3. The summed E-state index contributed by atoms with van der Waals surface area (Å²) in [5.41, 5.74) is 4.85. The third kappa shape index (κ3) is 4.25. The van der Waals surface area contributed by atoms with Gasteiger partial charge in [-0.15, -0.1) is 0 Å². The highest BCUT2D eigenvalue weighted by Gasteiger charge is 2.39. The molecule has 0 radical (unpaired) electrons. The van der Waals surface area contributed by atoms with Crippen LogP contribution in [-0.2, 0) is 16.1 Å². The molecule has 5 nitrogen and oxygen atoms in total. The smallest absolute Gasteiger partial charge is 0.278 e. The van der Waals surface area contributed by atoms with E-state index in [1.54, 1.807) is 25.3 Å². The topological polar surface area (TPSA) is 58.6 Å². The van der Waals surface area contributed by atoms with Crippen LogP contribution in [0.1, 0.15) is 22.3 Å². The standard InChI is InChI=1S/C26H23ClN2O3/c1-16-7-12-22(17(2)13-16)23-24(28-20-5-4-6-21(14-20)32-3)26(31)29(25(23)30)15-18-8-10-19(27)11-9-18/h4-14,28H,15H2,1-3H3. The number of aryl methyl sites for hydroxylation is 2. The molecule has 0 bridgehead atoms. The summed E-state index contributed by atoms with van der Waals surface area (Å²) in [6, 6.07) is 20.2. The van der Waals surface area contributed by atoms with Crippen LogP contribution in [-0.4, -0.2) is 23.8 Å². The predicted octanol–water partition coefficient (Wildman–Crippen LogP) is 5.36. The number of imide groups is 1. The van der Waals surface area contributed by atoms with Crippen LogP contribution in [0.15, 0.2) is 72.4 Å². The molecule has 32 heavy (non-hydrogen) atoms. The van der Waals surface area contributed by atoms with Gasteiger partial charge < -0.3 is 10.1 Å². The normalized spacial score (nSPS) is 13.7. The number of nitrogens with zero attached hydrogens (tertiary/aromatic N) is 1. The molecule has 4 rings (SSSR count). The molecule has 0 saturated carbocycles. The summed E-state index contributed by atoms with van der Waals surface area (Å²) in [5, 5.41) is 3.78. The minimum absolute atomic E-state index is 0.159. The zero-order valence-corrected chi connectivity index (χ0v) is 18.9. The molecule has 0 fully saturated rings. The van der Waals surface area contributed by atoms with Gasteiger partial charge in [-0.25, -0.2) is 0 Å². The Bertz CT molecular complexity index is 1230. The van der Waals surface area contributed by atoms with E-state index in [0.29, 0.717) is 22.0 Å². The van der Waals surface area contributed by atoms with Crippen molar-refractivity contribution in [1.29, 1.82) is 0 Å². The molecule has 1 N–H and O–H groups in total. The molecule has 6 heteroatoms. The molecule has 1 aliphatic rings. The number of carbonyl (C=O) groups excluding carboxylic acids is 2. The second-order valence-electron chi connectivity index (χ2n) is 7.75. The van der Waals surface area contributed by atoms with Crippen LogP contribution in [0.5, 0.6) is 5.75 Å². The second kappa shape index (κ2) is 8.89. The number of rotatable bonds is 6. The first-order valence-electron chi connectivity index (χ1n) is 10.2. The van der Waals surface area contributed by atoms with Crippen LogP contribution in [0.2, 0.25) is 5.02 Å². The third-order valence-electron chi connectivity index (χ3n) is 5.41. The number of anilines is 1. The lowest BCUT2D eigenvalue weighted by atomic mass is 9.97. The van der Waals surface area contributed by atoms with Crippen LogP contribution in [0.25, 0.3) is 5.57 Å². The number of nitrogens with one attached hydrogen (secondary N) is 1. The van der Waals surface area contributed by atoms with E-state index in [9.17, 15) is 9.59 Å². The molecule has 1 aliphatic heterocycles. The highest BCUT2D eigenvalue weighted by molar-refractivity contribution is 6.36. The first kappa shape index (κ1) is 21.7. The van der Waals surface area contributed by atoms with Crippen molar-refractivity contribution in [2.45, 2.75) is 20.4 Å². The quantitative estimate of drug-likeness (QED) is 0.518. The van der Waals surface area contributed by atoms with Crippen LogP contribution in [0.4, 0.5) is 5.69 Å². The zero-order chi connectivity index (χ0) is 22.8. The highest BCUT2D eigenvalue weighted by Crippen LogP contribution is 2.34. The molecule has 0 aromatic heterocycles. The molecule has 3 aromatic rings. The van der Waals surface area contributed by atoms with Crippen molar-refractivity contribution in [2.75, 3.05) is 12.4 Å². The molecule has 3 aromatic carbocycles. The Balaban J connectivity index is 1.77. The van der Waals surface area contributed by atoms with E-state index in [0.717, 1.165) is 22.3 Å². The van der Waals surface area contributed by atoms with Crippen molar-refractivity contribution < 1.29 is 14.3 Å². The second-order valence-corrected chi connectivity index (χ2v) is 8.18. The number of hydrogen-bond acceptors (Lipinski definition) is 4. The molecule has 0 saturated heterocycles. The van der Waals surface area contributed by atoms with Gasteiger partial charge in [0.2, 0.25) is 0 Å². The van der Waals surface area contributed by atoms with Gasteiger partial charge in [-0.1, -0.05) is 53.6 Å². The number of amides is 2. The van der Waals surface area contributed by atoms with Crippen LogP contribution >= 0.6 is 11.6 Å². The van der Waals surface area contributed by atoms with E-state index in [1.807, 2.05) is 62.4 Å². The van der Waals surface area contributed by atoms with E-state index in [1.165, 1.54) is 4.90 Å². The Morgan fingerprint density at radius 2 is 1.69 bits per heavy atom. The summed E-state index contributed by atoms with van der Waals surface area (Å²) in [7, 11) is 1.58. The predicted molar refractivity (Wildman–Crippen MR) is 126 cm³/mol. The highest BCUT2D eigenvalue weighted by atomic mass is 35.5. The van der Waals surface area contributed by atoms with Gasteiger partial charge in [-0.3, -0.25) is 14.5 Å². The fourth-order valence-electron chi connectivity index (χ4n) is 3.80. The maximum atomic E-state index is 13.5. The summed E-state index contributed by atoms with van der Waals surface area (Å²) in [6.07, 6.45) is 0. The fraction of sp³-hybridized carbons (Fsp3) is 0.154. The lowest BCUT2D eigenvalue weighted by Gasteiger charge is -2.16. The minimum atomic E-state index is -0.372. The Labute approximate surface area is 192 Å². The maximum absolute atomic E-state index is 13.5. The molecule has 2 amide bonds. The summed E-state index contributed by atoms with van der Waals surface area (Å²) < 4.78 is 5.29. The SMILES string of the molecule is COc1cccc(NC2=C(c3ccc(C)cc3C)C(=O)N(Cc3ccc(Cl)cc3)C2=O)c1. The number of halogens is 1. The van der Waals surface area contributed by atoms with Gasteiger partial charge in [-0.2, -0.15) is 0 Å². The van der Waals surface area contributed by atoms with Gasteiger partial charge in [0.25, 0.3) is 11.8 Å². The monoisotopic (exact) mass is 446 g/mol. The van der Waals surface area contributed by atoms with Crippen molar-refractivity contribution in [3.05, 3.63) is 99.7 Å². The number of hydrogen-bond donors (Lipinski definition) is 1. The first-order valence-corrected chi connectivity index (χ1v) is 10.6. The maximum Gasteiger partial charge on any atom is 0.278 e. The summed E-state index contributed by atoms with van der Waals surface area (Å²) in [5.74, 6) is -0.0523. The number of carbonyl (C=O) groups is 2. The van der Waals surface area contributed by atoms with Crippen molar-refractivity contribution >= 4 is 34.7 Å². The number of ether oxygens (including phenoxy) is 1. The van der Waals surface area contributed by atoms with Gasteiger partial charge in [0.1, 0.15) is 11.4 Å². The van der Waals surface area contributed by atoms with Crippen molar-refractivity contribution in [3.8, 4) is 5.75 Å². The van der Waals surface area contributed by atoms with E-state index < -0.39 is 0 Å². The van der Waals surface area contributed by atoms with Gasteiger partial charge in [0, 0.05) is 16.8 Å². The van der Waals surface area contributed by atoms with E-state index in [-0.39, 0.29) is 24.1 Å². The lowest BCUT2D eigenvalue weighted by Crippen LogP contribution is -2.32. The molecule has 0 aliphatic carbocycles. The summed E-state index contributed by atoms with van der Waals surface area (Å²) >= 11 is 5.98. The molecule has 1 heterocycles. The Kier molecular flexibility index (Phi) is 6.01. The van der Waals surface area contributed by atoms with Gasteiger partial charge in [-0.05, 0) is 54.8 Å². The number of methoxy groups -OCH3 is 1. The summed E-state index contributed by atoms with van der Waals surface area (Å²) in [4.78, 5) is 28.2. The third-order valence-corrected chi connectivity index (χ3v) is 5.66. The Morgan fingerprint density at radius 3 is 2.38 bits per heavy atom. The molecule has 0 unspecified atom stereocenters. The fourth-order valence-corrected chi connectivity index (χ4v) is 3.92. The van der Waals surface area contributed by atoms with E-state index >= 15 is 0 Å². The van der Waals surface area contributed by atoms with E-state index in [2.05, 4.69) is 5.32 Å². The van der Waals surface area contributed by atoms with Gasteiger partial charge in [0.05, 0.1) is 19.2 Å². The average Bonchev–Trinajstić information content (AvgIpc) is 3.00. The average molecular weight is 447 g/mol. The van der Waals surface area contributed by atoms with Gasteiger partial charge in [0.15, 0.2) is 0 Å². The van der Waals surface area contributed by atoms with Crippen LogP contribution in [0, 0.1) is 13.8 Å². The Morgan fingerprint density at radius 1 is 0.938 bits per heavy atom. The van der Waals surface area contributed by atoms with E-state index in [4.69, 9.17) is 16.3 Å². The molecule has 0 atom stereocenters. The summed E-state index contributed by atoms with van der Waals surface area (Å²) in [6.45, 7) is 4.10. The molecular weight excluding hydrogens is 424 g/mol. The molecule has 162 valence electrons. The lowest BCUT2D eigenvalue weighted by molar-refractivity contribution is -0.137. The minimum Gasteiger partial charge on any atom is -0.497 e. The zero-order valence-electron chi connectivity index (χ0n) is 18.1. The largest absolute Gasteiger partial charge is 0.497 e. The van der Waals surface area contributed by atoms with Crippen molar-refractivity contribution in [3.63, 3.8) is 0 Å². The van der Waals surface area contributed by atoms with Gasteiger partial charge >= 0.3 is 0 Å². The Hall–Kier alpha value is -3.57. The van der Waals surface area contributed by atoms with Crippen LogP contribution < -0.4 is 10.1 Å². The molecule has 0 spiro atoms.